The number of carbonyl (C=O) groups excluding carboxylic acids is 1. The van der Waals surface area contributed by atoms with E-state index in [2.05, 4.69) is 15.1 Å². The molecule has 4 aliphatic rings. The summed E-state index contributed by atoms with van der Waals surface area (Å²) in [5.41, 5.74) is 6.00. The molecule has 3 N–H and O–H groups in total. The lowest BCUT2D eigenvalue weighted by Gasteiger charge is -2.54. The van der Waals surface area contributed by atoms with E-state index in [1.54, 1.807) is 0 Å². The molecule has 4 fully saturated rings. The maximum absolute atomic E-state index is 12.2. The van der Waals surface area contributed by atoms with Crippen molar-refractivity contribution in [2.45, 2.75) is 56.8 Å². The van der Waals surface area contributed by atoms with Gasteiger partial charge in [-0.05, 0) is 43.9 Å². The Hall–Kier alpha value is -0.650. The third kappa shape index (κ3) is 2.60. The summed E-state index contributed by atoms with van der Waals surface area (Å²) in [4.78, 5) is 17.0. The van der Waals surface area contributed by atoms with Crippen molar-refractivity contribution in [2.24, 2.45) is 17.6 Å². The lowest BCUT2D eigenvalue weighted by Crippen LogP contribution is -2.64. The quantitative estimate of drug-likeness (QED) is 0.732. The Bertz CT molecular complexity index is 407. The third-order valence-corrected chi connectivity index (χ3v) is 6.08. The van der Waals surface area contributed by atoms with Crippen LogP contribution in [-0.4, -0.2) is 60.1 Å². The van der Waals surface area contributed by atoms with Gasteiger partial charge in [0.1, 0.15) is 0 Å². The monoisotopic (exact) mass is 292 g/mol. The summed E-state index contributed by atoms with van der Waals surface area (Å²) in [7, 11) is 0. The van der Waals surface area contributed by atoms with E-state index in [0.717, 1.165) is 45.4 Å². The van der Waals surface area contributed by atoms with Gasteiger partial charge in [0.25, 0.3) is 0 Å². The summed E-state index contributed by atoms with van der Waals surface area (Å²) < 4.78 is 0. The van der Waals surface area contributed by atoms with Crippen molar-refractivity contribution in [1.29, 1.82) is 0 Å². The van der Waals surface area contributed by atoms with Crippen molar-refractivity contribution in [1.82, 2.24) is 15.1 Å². The molecule has 0 spiro atoms. The Morgan fingerprint density at radius 3 is 2.86 bits per heavy atom. The number of hydrogen-bond donors (Lipinski definition) is 2. The first-order chi connectivity index (χ1) is 10.2. The van der Waals surface area contributed by atoms with E-state index in [1.807, 2.05) is 0 Å². The zero-order valence-corrected chi connectivity index (χ0v) is 12.8. The molecule has 5 heteroatoms. The molecule has 5 atom stereocenters. The summed E-state index contributed by atoms with van der Waals surface area (Å²) in [5, 5.41) is 3.63. The average molecular weight is 292 g/mol. The molecule has 4 heterocycles. The van der Waals surface area contributed by atoms with Crippen molar-refractivity contribution < 1.29 is 4.79 Å². The Morgan fingerprint density at radius 2 is 2.05 bits per heavy atom. The van der Waals surface area contributed by atoms with Crippen LogP contribution in [0.4, 0.5) is 0 Å². The van der Waals surface area contributed by atoms with Crippen LogP contribution in [0.3, 0.4) is 0 Å². The normalized spacial score (nSPS) is 44.5. The van der Waals surface area contributed by atoms with Gasteiger partial charge >= 0.3 is 0 Å². The van der Waals surface area contributed by atoms with Gasteiger partial charge in [-0.2, -0.15) is 0 Å². The zero-order valence-electron chi connectivity index (χ0n) is 12.8. The lowest BCUT2D eigenvalue weighted by molar-refractivity contribution is -0.146. The Morgan fingerprint density at radius 1 is 1.14 bits per heavy atom. The van der Waals surface area contributed by atoms with E-state index in [-0.39, 0.29) is 0 Å². The van der Waals surface area contributed by atoms with E-state index >= 15 is 0 Å². The van der Waals surface area contributed by atoms with Crippen LogP contribution in [-0.2, 0) is 4.79 Å². The number of fused-ring (bicyclic) bond motifs is 4. The number of nitrogens with zero attached hydrogens (tertiary/aromatic N) is 2. The molecule has 5 unspecified atom stereocenters. The second-order valence-electron chi connectivity index (χ2n) is 7.58. The van der Waals surface area contributed by atoms with E-state index in [4.69, 9.17) is 5.73 Å². The molecule has 1 amide bonds. The van der Waals surface area contributed by atoms with Crippen LogP contribution >= 0.6 is 0 Å². The fraction of sp³-hybridized carbons (Fsp3) is 0.938. The highest BCUT2D eigenvalue weighted by Gasteiger charge is 2.45. The van der Waals surface area contributed by atoms with Gasteiger partial charge in [0, 0.05) is 44.7 Å². The smallest absolute Gasteiger partial charge is 0.222 e. The van der Waals surface area contributed by atoms with E-state index in [9.17, 15) is 4.79 Å². The molecule has 4 rings (SSSR count). The fourth-order valence-electron chi connectivity index (χ4n) is 5.08. The number of rotatable bonds is 1. The van der Waals surface area contributed by atoms with Crippen molar-refractivity contribution in [2.75, 3.05) is 26.2 Å². The van der Waals surface area contributed by atoms with Crippen molar-refractivity contribution in [3.63, 3.8) is 0 Å². The summed E-state index contributed by atoms with van der Waals surface area (Å²) in [5.74, 6) is 1.79. The Kier molecular flexibility index (Phi) is 3.67. The predicted molar refractivity (Wildman–Crippen MR) is 81.5 cm³/mol. The van der Waals surface area contributed by atoms with Gasteiger partial charge < -0.3 is 16.0 Å². The first-order valence-corrected chi connectivity index (χ1v) is 8.73. The number of amides is 1. The minimum atomic E-state index is 0.331. The Balaban J connectivity index is 1.45. The van der Waals surface area contributed by atoms with Crippen molar-refractivity contribution in [3.05, 3.63) is 0 Å². The van der Waals surface area contributed by atoms with Crippen LogP contribution in [0.15, 0.2) is 0 Å². The van der Waals surface area contributed by atoms with Gasteiger partial charge in [-0.3, -0.25) is 9.69 Å². The number of hydrogen-bond acceptors (Lipinski definition) is 4. The van der Waals surface area contributed by atoms with Gasteiger partial charge in [-0.1, -0.05) is 0 Å². The molecular formula is C16H28N4O. The molecule has 4 aliphatic heterocycles. The van der Waals surface area contributed by atoms with E-state index in [1.165, 1.54) is 19.3 Å². The molecule has 0 aliphatic carbocycles. The largest absolute Gasteiger partial charge is 0.339 e. The van der Waals surface area contributed by atoms with Gasteiger partial charge in [0.2, 0.25) is 5.91 Å². The molecule has 118 valence electrons. The molecule has 5 nitrogen and oxygen atoms in total. The highest BCUT2D eigenvalue weighted by Crippen LogP contribution is 2.38. The number of nitrogens with one attached hydrogen (secondary N) is 1. The van der Waals surface area contributed by atoms with E-state index < -0.39 is 0 Å². The standard InChI is InChI=1S/C16H28N4O/c17-13-4-5-15(18-7-13)19-8-11-6-12(10-19)14-2-1-3-16(21)20(14)9-11/h11-15,18H,1-10,17H2. The number of piperidine rings is 4. The van der Waals surface area contributed by atoms with Gasteiger partial charge in [-0.25, -0.2) is 0 Å². The molecule has 0 aromatic rings. The number of carbonyl (C=O) groups is 1. The molecule has 4 saturated heterocycles. The topological polar surface area (TPSA) is 61.6 Å². The molecule has 0 aromatic carbocycles. The van der Waals surface area contributed by atoms with Gasteiger partial charge in [0.15, 0.2) is 0 Å². The summed E-state index contributed by atoms with van der Waals surface area (Å²) in [6.45, 7) is 4.27. The van der Waals surface area contributed by atoms with Crippen LogP contribution in [0.2, 0.25) is 0 Å². The van der Waals surface area contributed by atoms with Gasteiger partial charge in [-0.15, -0.1) is 0 Å². The maximum atomic E-state index is 12.2. The second kappa shape index (κ2) is 5.52. The highest BCUT2D eigenvalue weighted by molar-refractivity contribution is 5.77. The first-order valence-electron chi connectivity index (χ1n) is 8.73. The molecule has 21 heavy (non-hydrogen) atoms. The minimum absolute atomic E-state index is 0.331. The van der Waals surface area contributed by atoms with Crippen LogP contribution < -0.4 is 11.1 Å². The second-order valence-corrected chi connectivity index (χ2v) is 7.58. The number of likely N-dealkylation sites (tertiary alicyclic amines) is 1. The molecule has 2 bridgehead atoms. The lowest BCUT2D eigenvalue weighted by atomic mass is 9.75. The van der Waals surface area contributed by atoms with E-state index in [0.29, 0.717) is 36.0 Å². The maximum Gasteiger partial charge on any atom is 0.222 e. The van der Waals surface area contributed by atoms with Gasteiger partial charge in [0.05, 0.1) is 6.17 Å². The van der Waals surface area contributed by atoms with Crippen molar-refractivity contribution >= 4 is 5.91 Å². The fourth-order valence-corrected chi connectivity index (χ4v) is 5.08. The van der Waals surface area contributed by atoms with Crippen LogP contribution in [0.25, 0.3) is 0 Å². The van der Waals surface area contributed by atoms with Crippen molar-refractivity contribution in [3.8, 4) is 0 Å². The number of nitrogens with two attached hydrogens (primary N) is 1. The molecule has 0 aromatic heterocycles. The predicted octanol–water partition coefficient (Wildman–Crippen LogP) is 0.356. The SMILES string of the molecule is NC1CCC(N2CC3CC(C2)C2CCCC(=O)N2C3)NC1. The summed E-state index contributed by atoms with van der Waals surface area (Å²) >= 11 is 0. The first kappa shape index (κ1) is 14.0. The molecule has 0 saturated carbocycles. The summed E-state index contributed by atoms with van der Waals surface area (Å²) in [6, 6.07) is 0.855. The van der Waals surface area contributed by atoms with Crippen LogP contribution in [0, 0.1) is 11.8 Å². The Labute approximate surface area is 127 Å². The molecular weight excluding hydrogens is 264 g/mol. The molecule has 0 radical (unpaired) electrons. The highest BCUT2D eigenvalue weighted by atomic mass is 16.2. The zero-order chi connectivity index (χ0) is 14.4. The summed E-state index contributed by atoms with van der Waals surface area (Å²) in [6.07, 6.45) is 7.25. The van der Waals surface area contributed by atoms with Crippen LogP contribution in [0.5, 0.6) is 0 Å². The average Bonchev–Trinajstić information content (AvgIpc) is 2.49. The minimum Gasteiger partial charge on any atom is -0.339 e. The third-order valence-electron chi connectivity index (χ3n) is 6.08. The van der Waals surface area contributed by atoms with Crippen LogP contribution in [0.1, 0.15) is 38.5 Å².